The van der Waals surface area contributed by atoms with Crippen LogP contribution in [0.25, 0.3) is 16.1 Å². The molecule has 1 aromatic rings. The van der Waals surface area contributed by atoms with Gasteiger partial charge in [-0.3, -0.25) is 0 Å². The van der Waals surface area contributed by atoms with Gasteiger partial charge in [-0.25, -0.2) is 0 Å². The minimum atomic E-state index is 0.502. The Labute approximate surface area is 69.9 Å². The van der Waals surface area contributed by atoms with Gasteiger partial charge in [-0.1, -0.05) is 36.0 Å². The molecule has 60 valence electrons. The fourth-order valence-electron chi connectivity index (χ4n) is 0.794. The molecule has 0 spiro atoms. The molecule has 12 heavy (non-hydrogen) atoms. The zero-order chi connectivity index (χ0) is 8.97. The maximum Gasteiger partial charge on any atom is 0.0375 e. The van der Waals surface area contributed by atoms with E-state index in [-0.39, 0.29) is 0 Å². The van der Waals surface area contributed by atoms with Crippen LogP contribution in [0.2, 0.25) is 0 Å². The normalized spacial score (nSPS) is 8.67. The van der Waals surface area contributed by atoms with Crippen LogP contribution >= 0.6 is 0 Å². The highest BCUT2D eigenvalue weighted by Gasteiger charge is 1.92. The van der Waals surface area contributed by atoms with Crippen LogP contribution in [0.1, 0.15) is 5.56 Å². The van der Waals surface area contributed by atoms with Gasteiger partial charge < -0.3 is 5.73 Å². The van der Waals surface area contributed by atoms with Gasteiger partial charge in [0.15, 0.2) is 0 Å². The van der Waals surface area contributed by atoms with Gasteiger partial charge in [0.05, 0.1) is 0 Å². The summed E-state index contributed by atoms with van der Waals surface area (Å²) in [6.45, 7) is 3.58. The third kappa shape index (κ3) is 1.78. The molecule has 0 fully saturated rings. The summed E-state index contributed by atoms with van der Waals surface area (Å²) in [7, 11) is 0. The second kappa shape index (κ2) is 3.46. The van der Waals surface area contributed by atoms with Crippen molar-refractivity contribution in [2.24, 2.45) is 10.8 Å². The lowest BCUT2D eigenvalue weighted by atomic mass is 10.2. The number of nitrogens with zero attached hydrogens (tertiary/aromatic N) is 3. The lowest BCUT2D eigenvalue weighted by Crippen LogP contribution is -1.92. The van der Waals surface area contributed by atoms with E-state index in [1.807, 2.05) is 0 Å². The number of azide groups is 1. The molecule has 0 unspecified atom stereocenters. The molecular formula is C8H8N4. The maximum atomic E-state index is 8.11. The fourth-order valence-corrected chi connectivity index (χ4v) is 0.794. The van der Waals surface area contributed by atoms with E-state index in [4.69, 9.17) is 11.3 Å². The zero-order valence-electron chi connectivity index (χ0n) is 6.44. The van der Waals surface area contributed by atoms with E-state index >= 15 is 0 Å². The van der Waals surface area contributed by atoms with Gasteiger partial charge in [0.1, 0.15) is 0 Å². The van der Waals surface area contributed by atoms with Crippen molar-refractivity contribution in [2.45, 2.75) is 0 Å². The van der Waals surface area contributed by atoms with E-state index in [1.165, 1.54) is 0 Å². The summed E-state index contributed by atoms with van der Waals surface area (Å²) < 4.78 is 0. The van der Waals surface area contributed by atoms with Gasteiger partial charge in [-0.15, -0.1) is 0 Å². The SMILES string of the molecule is C=C(N)c1ccc(N=[N+]=[N-])cc1. The molecule has 0 atom stereocenters. The van der Waals surface area contributed by atoms with Crippen LogP contribution in [-0.2, 0) is 0 Å². The average molecular weight is 160 g/mol. The molecule has 0 saturated heterocycles. The Morgan fingerprint density at radius 2 is 2.00 bits per heavy atom. The number of hydrogen-bond acceptors (Lipinski definition) is 2. The number of rotatable bonds is 2. The molecule has 0 aliphatic carbocycles. The van der Waals surface area contributed by atoms with Crippen LogP contribution in [-0.4, -0.2) is 0 Å². The van der Waals surface area contributed by atoms with Gasteiger partial charge >= 0.3 is 0 Å². The van der Waals surface area contributed by atoms with Crippen LogP contribution in [0.3, 0.4) is 0 Å². The maximum absolute atomic E-state index is 8.11. The molecule has 4 heteroatoms. The van der Waals surface area contributed by atoms with E-state index < -0.39 is 0 Å². The Hall–Kier alpha value is -1.93. The smallest absolute Gasteiger partial charge is 0.0375 e. The Morgan fingerprint density at radius 1 is 1.42 bits per heavy atom. The van der Waals surface area contributed by atoms with Crippen molar-refractivity contribution in [2.75, 3.05) is 0 Å². The second-order valence-corrected chi connectivity index (χ2v) is 2.26. The van der Waals surface area contributed by atoms with Gasteiger partial charge in [0.25, 0.3) is 0 Å². The van der Waals surface area contributed by atoms with E-state index in [2.05, 4.69) is 16.6 Å². The van der Waals surface area contributed by atoms with Crippen LogP contribution in [0.5, 0.6) is 0 Å². The molecule has 1 aromatic carbocycles. The summed E-state index contributed by atoms with van der Waals surface area (Å²) in [6.07, 6.45) is 0. The van der Waals surface area contributed by atoms with Crippen LogP contribution < -0.4 is 5.73 Å². The van der Waals surface area contributed by atoms with Crippen LogP contribution in [0, 0.1) is 0 Å². The third-order valence-electron chi connectivity index (χ3n) is 1.40. The molecular weight excluding hydrogens is 152 g/mol. The Bertz CT molecular complexity index is 312. The number of nitrogens with two attached hydrogens (primary N) is 1. The summed E-state index contributed by atoms with van der Waals surface area (Å²) in [5.74, 6) is 0. The predicted molar refractivity (Wildman–Crippen MR) is 48.5 cm³/mol. The van der Waals surface area contributed by atoms with Crippen LogP contribution in [0.15, 0.2) is 36.0 Å². The predicted octanol–water partition coefficient (Wildman–Crippen LogP) is 2.56. The summed E-state index contributed by atoms with van der Waals surface area (Å²) in [6, 6.07) is 6.89. The van der Waals surface area contributed by atoms with Crippen molar-refractivity contribution >= 4 is 11.4 Å². The highest BCUT2D eigenvalue weighted by Crippen LogP contribution is 2.15. The summed E-state index contributed by atoms with van der Waals surface area (Å²) in [5, 5.41) is 3.42. The first-order valence-corrected chi connectivity index (χ1v) is 3.34. The number of hydrogen-bond donors (Lipinski definition) is 1. The minimum absolute atomic E-state index is 0.502. The van der Waals surface area contributed by atoms with Crippen molar-refractivity contribution in [3.63, 3.8) is 0 Å². The molecule has 0 amide bonds. The minimum Gasteiger partial charge on any atom is -0.399 e. The highest BCUT2D eigenvalue weighted by molar-refractivity contribution is 5.61. The average Bonchev–Trinajstić information content (AvgIpc) is 2.06. The van der Waals surface area contributed by atoms with Gasteiger partial charge in [-0.2, -0.15) is 0 Å². The zero-order valence-corrected chi connectivity index (χ0v) is 6.44. The summed E-state index contributed by atoms with van der Waals surface area (Å²) in [4.78, 5) is 2.65. The molecule has 0 saturated carbocycles. The molecule has 0 bridgehead atoms. The highest BCUT2D eigenvalue weighted by atomic mass is 15.1. The molecule has 2 N–H and O–H groups in total. The molecule has 0 aliphatic rings. The standard InChI is InChI=1S/C8H8N4/c1-6(9)7-2-4-8(5-3-7)11-12-10/h2-5H,1,9H2. The third-order valence-corrected chi connectivity index (χ3v) is 1.40. The topological polar surface area (TPSA) is 74.8 Å². The molecule has 0 aliphatic heterocycles. The second-order valence-electron chi connectivity index (χ2n) is 2.26. The lowest BCUT2D eigenvalue weighted by molar-refractivity contribution is 1.45. The Morgan fingerprint density at radius 3 is 2.42 bits per heavy atom. The molecule has 1 rings (SSSR count). The molecule has 4 nitrogen and oxygen atoms in total. The van der Waals surface area contributed by atoms with E-state index in [1.54, 1.807) is 24.3 Å². The van der Waals surface area contributed by atoms with Gasteiger partial charge in [0, 0.05) is 16.3 Å². The Kier molecular flexibility index (Phi) is 2.35. The Balaban J connectivity index is 3.00. The fraction of sp³-hybridized carbons (Fsp3) is 0. The van der Waals surface area contributed by atoms with Crippen molar-refractivity contribution in [1.82, 2.24) is 0 Å². The van der Waals surface area contributed by atoms with Crippen molar-refractivity contribution in [3.05, 3.63) is 46.9 Å². The van der Waals surface area contributed by atoms with Gasteiger partial charge in [-0.05, 0) is 11.1 Å². The molecule has 0 aromatic heterocycles. The first-order valence-electron chi connectivity index (χ1n) is 3.34. The molecule has 0 heterocycles. The largest absolute Gasteiger partial charge is 0.399 e. The van der Waals surface area contributed by atoms with Crippen molar-refractivity contribution in [3.8, 4) is 0 Å². The van der Waals surface area contributed by atoms with Gasteiger partial charge in [0.2, 0.25) is 0 Å². The van der Waals surface area contributed by atoms with Crippen molar-refractivity contribution in [1.29, 1.82) is 0 Å². The molecule has 0 radical (unpaired) electrons. The first-order chi connectivity index (χ1) is 5.74. The van der Waals surface area contributed by atoms with E-state index in [0.29, 0.717) is 11.4 Å². The number of benzene rings is 1. The first kappa shape index (κ1) is 8.17. The quantitative estimate of drug-likeness (QED) is 0.403. The van der Waals surface area contributed by atoms with E-state index in [0.717, 1.165) is 5.56 Å². The van der Waals surface area contributed by atoms with E-state index in [9.17, 15) is 0 Å². The van der Waals surface area contributed by atoms with Crippen molar-refractivity contribution < 1.29 is 0 Å². The summed E-state index contributed by atoms with van der Waals surface area (Å²) >= 11 is 0. The lowest BCUT2D eigenvalue weighted by Gasteiger charge is -1.98. The monoisotopic (exact) mass is 160 g/mol. The summed E-state index contributed by atoms with van der Waals surface area (Å²) in [5.41, 5.74) is 15.5. The van der Waals surface area contributed by atoms with Crippen LogP contribution in [0.4, 0.5) is 5.69 Å².